The van der Waals surface area contributed by atoms with Gasteiger partial charge in [-0.25, -0.2) is 8.78 Å². The molecule has 0 saturated heterocycles. The Labute approximate surface area is 127 Å². The molecular weight excluding hydrogens is 268 g/mol. The molecule has 3 heteroatoms. The molecule has 1 fully saturated rings. The van der Waals surface area contributed by atoms with Gasteiger partial charge in [0.1, 0.15) is 11.5 Å². The minimum Gasteiger partial charge on any atom is -0.378 e. The van der Waals surface area contributed by atoms with Crippen LogP contribution < -0.4 is 5.32 Å². The molecule has 1 N–H and O–H groups in total. The molecule has 0 spiro atoms. The number of hydrogen-bond acceptors (Lipinski definition) is 1. The zero-order valence-corrected chi connectivity index (χ0v) is 13.6. The quantitative estimate of drug-likeness (QED) is 0.753. The van der Waals surface area contributed by atoms with E-state index in [-0.39, 0.29) is 11.7 Å². The average Bonchev–Trinajstić information content (AvgIpc) is 2.48. The summed E-state index contributed by atoms with van der Waals surface area (Å²) in [6.45, 7) is 8.55. The molecular formula is C18H27F2N. The van der Waals surface area contributed by atoms with Crippen molar-refractivity contribution in [3.05, 3.63) is 29.3 Å². The maximum atomic E-state index is 14.0. The molecule has 0 bridgehead atoms. The number of halogens is 2. The number of nitrogens with one attached hydrogen (secondary N) is 1. The third kappa shape index (κ3) is 3.56. The number of benzene rings is 1. The first-order chi connectivity index (χ1) is 9.85. The van der Waals surface area contributed by atoms with Crippen LogP contribution in [0.5, 0.6) is 0 Å². The number of rotatable bonds is 4. The Bertz CT molecular complexity index is 488. The summed E-state index contributed by atoms with van der Waals surface area (Å²) in [6, 6.07) is 3.00. The zero-order chi connectivity index (χ0) is 15.6. The first-order valence-corrected chi connectivity index (χ1v) is 8.06. The van der Waals surface area contributed by atoms with E-state index in [0.717, 1.165) is 25.7 Å². The summed E-state index contributed by atoms with van der Waals surface area (Å²) in [6.07, 6.45) is 5.42. The van der Waals surface area contributed by atoms with Crippen molar-refractivity contribution in [3.8, 4) is 0 Å². The molecule has 2 rings (SSSR count). The van der Waals surface area contributed by atoms with Crippen molar-refractivity contribution >= 4 is 5.69 Å². The molecule has 1 saturated carbocycles. The Morgan fingerprint density at radius 3 is 2.33 bits per heavy atom. The number of hydrogen-bond donors (Lipinski definition) is 1. The molecule has 0 unspecified atom stereocenters. The normalized spacial score (nSPS) is 23.1. The molecule has 0 heterocycles. The predicted octanol–water partition coefficient (Wildman–Crippen LogP) is 5.68. The van der Waals surface area contributed by atoms with Crippen molar-refractivity contribution in [2.75, 3.05) is 5.32 Å². The fourth-order valence-electron chi connectivity index (χ4n) is 3.30. The summed E-state index contributed by atoms with van der Waals surface area (Å²) >= 11 is 0. The molecule has 1 aromatic carbocycles. The molecule has 21 heavy (non-hydrogen) atoms. The van der Waals surface area contributed by atoms with E-state index in [0.29, 0.717) is 16.9 Å². The van der Waals surface area contributed by atoms with Crippen LogP contribution in [0.15, 0.2) is 12.1 Å². The van der Waals surface area contributed by atoms with Gasteiger partial charge in [-0.1, -0.05) is 33.3 Å². The van der Waals surface area contributed by atoms with Crippen LogP contribution in [0.1, 0.15) is 58.4 Å². The van der Waals surface area contributed by atoms with Crippen LogP contribution in [-0.4, -0.2) is 6.04 Å². The van der Waals surface area contributed by atoms with E-state index in [9.17, 15) is 8.78 Å². The topological polar surface area (TPSA) is 12.0 Å². The summed E-state index contributed by atoms with van der Waals surface area (Å²) in [4.78, 5) is 0. The fraction of sp³-hybridized carbons (Fsp3) is 0.667. The lowest BCUT2D eigenvalue weighted by Crippen LogP contribution is -2.33. The Balaban J connectivity index is 2.00. The van der Waals surface area contributed by atoms with Gasteiger partial charge in [-0.05, 0) is 55.6 Å². The van der Waals surface area contributed by atoms with Gasteiger partial charge in [0.2, 0.25) is 0 Å². The van der Waals surface area contributed by atoms with Crippen LogP contribution in [0.3, 0.4) is 0 Å². The summed E-state index contributed by atoms with van der Waals surface area (Å²) in [5.74, 6) is -0.229. The van der Waals surface area contributed by atoms with E-state index < -0.39 is 11.6 Å². The highest BCUT2D eigenvalue weighted by Gasteiger charge is 2.32. The zero-order valence-electron chi connectivity index (χ0n) is 13.6. The van der Waals surface area contributed by atoms with E-state index in [4.69, 9.17) is 0 Å². The van der Waals surface area contributed by atoms with Crippen LogP contribution in [0.25, 0.3) is 0 Å². The monoisotopic (exact) mass is 295 g/mol. The Morgan fingerprint density at radius 1 is 1.14 bits per heavy atom. The van der Waals surface area contributed by atoms with Crippen molar-refractivity contribution in [2.24, 2.45) is 11.3 Å². The van der Waals surface area contributed by atoms with Gasteiger partial charge in [-0.3, -0.25) is 0 Å². The van der Waals surface area contributed by atoms with Gasteiger partial charge in [0.05, 0.1) is 0 Å². The molecule has 118 valence electrons. The molecule has 1 aliphatic rings. The summed E-state index contributed by atoms with van der Waals surface area (Å²) in [5, 5.41) is 3.10. The fourth-order valence-corrected chi connectivity index (χ4v) is 3.30. The summed E-state index contributed by atoms with van der Waals surface area (Å²) < 4.78 is 27.8. The summed E-state index contributed by atoms with van der Waals surface area (Å²) in [7, 11) is 0. The molecule has 0 atom stereocenters. The van der Waals surface area contributed by atoms with Crippen molar-refractivity contribution in [1.29, 1.82) is 0 Å². The van der Waals surface area contributed by atoms with Gasteiger partial charge in [0.25, 0.3) is 0 Å². The molecule has 1 aromatic rings. The number of aryl methyl sites for hydroxylation is 1. The van der Waals surface area contributed by atoms with Gasteiger partial charge in [0.15, 0.2) is 5.82 Å². The first-order valence-electron chi connectivity index (χ1n) is 8.06. The van der Waals surface area contributed by atoms with Gasteiger partial charge in [-0.2, -0.15) is 0 Å². The Morgan fingerprint density at radius 2 is 1.76 bits per heavy atom. The van der Waals surface area contributed by atoms with Gasteiger partial charge < -0.3 is 5.32 Å². The Kier molecular flexibility index (Phi) is 4.90. The van der Waals surface area contributed by atoms with Crippen molar-refractivity contribution < 1.29 is 8.78 Å². The van der Waals surface area contributed by atoms with E-state index in [1.807, 2.05) is 0 Å². The van der Waals surface area contributed by atoms with Crippen molar-refractivity contribution in [3.63, 3.8) is 0 Å². The van der Waals surface area contributed by atoms with Crippen LogP contribution in [0, 0.1) is 29.9 Å². The lowest BCUT2D eigenvalue weighted by Gasteiger charge is -2.39. The van der Waals surface area contributed by atoms with Crippen LogP contribution >= 0.6 is 0 Å². The third-order valence-electron chi connectivity index (χ3n) is 5.38. The van der Waals surface area contributed by atoms with Gasteiger partial charge in [-0.15, -0.1) is 0 Å². The third-order valence-corrected chi connectivity index (χ3v) is 5.38. The minimum absolute atomic E-state index is 0.0493. The van der Waals surface area contributed by atoms with Gasteiger partial charge >= 0.3 is 0 Å². The van der Waals surface area contributed by atoms with Gasteiger partial charge in [0, 0.05) is 6.04 Å². The highest BCUT2D eigenvalue weighted by atomic mass is 19.1. The largest absolute Gasteiger partial charge is 0.378 e. The first kappa shape index (κ1) is 16.3. The SMILES string of the molecule is CCC(C)(C)C1CCC(Nc2c(F)ccc(C)c2F)CC1. The second-order valence-electron chi connectivity index (χ2n) is 7.09. The van der Waals surface area contributed by atoms with Crippen LogP contribution in [-0.2, 0) is 0 Å². The lowest BCUT2D eigenvalue weighted by molar-refractivity contribution is 0.147. The lowest BCUT2D eigenvalue weighted by atomic mass is 9.69. The molecule has 0 aliphatic heterocycles. The molecule has 1 aliphatic carbocycles. The second kappa shape index (κ2) is 6.33. The molecule has 0 amide bonds. The minimum atomic E-state index is -0.492. The highest BCUT2D eigenvalue weighted by molar-refractivity contribution is 5.49. The maximum absolute atomic E-state index is 14.0. The van der Waals surface area contributed by atoms with E-state index in [2.05, 4.69) is 26.1 Å². The van der Waals surface area contributed by atoms with Crippen LogP contribution in [0.2, 0.25) is 0 Å². The smallest absolute Gasteiger partial charge is 0.152 e. The maximum Gasteiger partial charge on any atom is 0.152 e. The standard InChI is InChI=1S/C18H27F2N/c1-5-18(3,4)13-7-9-14(10-8-13)21-17-15(19)11-6-12(2)16(17)20/h6,11,13-14,21H,5,7-10H2,1-4H3. The van der Waals surface area contributed by atoms with Crippen molar-refractivity contribution in [1.82, 2.24) is 0 Å². The second-order valence-corrected chi connectivity index (χ2v) is 7.09. The molecule has 0 radical (unpaired) electrons. The average molecular weight is 295 g/mol. The molecule has 1 nitrogen and oxygen atoms in total. The van der Waals surface area contributed by atoms with Crippen molar-refractivity contribution in [2.45, 2.75) is 65.8 Å². The molecule has 0 aromatic heterocycles. The predicted molar refractivity (Wildman–Crippen MR) is 84.5 cm³/mol. The summed E-state index contributed by atoms with van der Waals surface area (Å²) in [5.41, 5.74) is 0.901. The van der Waals surface area contributed by atoms with E-state index in [1.165, 1.54) is 18.6 Å². The Hall–Kier alpha value is -1.12. The van der Waals surface area contributed by atoms with Crippen LogP contribution in [0.4, 0.5) is 14.5 Å². The highest BCUT2D eigenvalue weighted by Crippen LogP contribution is 2.41. The van der Waals surface area contributed by atoms with E-state index >= 15 is 0 Å². The van der Waals surface area contributed by atoms with E-state index in [1.54, 1.807) is 6.92 Å². The number of anilines is 1.